The van der Waals surface area contributed by atoms with Gasteiger partial charge in [-0.2, -0.15) is 0 Å². The SMILES string of the molecule is CC(C)CCC[C@H](C)[C@H]1CC[C@H]2[C@@H]3CC=C4C[C@@H]([S+](C)C)CC[C@]4(C)[C@H]3CC[C@]12C. The van der Waals surface area contributed by atoms with Crippen LogP contribution >= 0.6 is 0 Å². The summed E-state index contributed by atoms with van der Waals surface area (Å²) < 4.78 is 0. The number of allylic oxidation sites excluding steroid dienone is 2. The van der Waals surface area contributed by atoms with Crippen LogP contribution in [-0.4, -0.2) is 17.8 Å². The van der Waals surface area contributed by atoms with E-state index in [0.717, 1.165) is 40.8 Å². The maximum atomic E-state index is 2.78. The monoisotopic (exact) mass is 431 g/mol. The molecule has 0 saturated heterocycles. The molecule has 0 nitrogen and oxygen atoms in total. The molecule has 8 atom stereocenters. The zero-order chi connectivity index (χ0) is 21.7. The molecule has 0 radical (unpaired) electrons. The molecule has 0 aromatic carbocycles. The third-order valence-corrected chi connectivity index (χ3v) is 12.7. The molecule has 0 heterocycles. The Morgan fingerprint density at radius 3 is 2.43 bits per heavy atom. The van der Waals surface area contributed by atoms with Gasteiger partial charge in [0.25, 0.3) is 0 Å². The van der Waals surface area contributed by atoms with Gasteiger partial charge in [-0.15, -0.1) is 0 Å². The summed E-state index contributed by atoms with van der Waals surface area (Å²) in [5.74, 6) is 5.78. The molecule has 30 heavy (non-hydrogen) atoms. The van der Waals surface area contributed by atoms with E-state index < -0.39 is 0 Å². The van der Waals surface area contributed by atoms with Gasteiger partial charge in [0.1, 0.15) is 5.25 Å². The van der Waals surface area contributed by atoms with Gasteiger partial charge in [-0.25, -0.2) is 0 Å². The molecule has 0 aliphatic heterocycles. The first-order valence-corrected chi connectivity index (χ1v) is 15.5. The lowest BCUT2D eigenvalue weighted by atomic mass is 9.47. The van der Waals surface area contributed by atoms with Crippen LogP contribution in [0.4, 0.5) is 0 Å². The van der Waals surface area contributed by atoms with Gasteiger partial charge >= 0.3 is 0 Å². The second-order valence-electron chi connectivity index (χ2n) is 13.0. The van der Waals surface area contributed by atoms with E-state index in [-0.39, 0.29) is 0 Å². The molecule has 0 amide bonds. The Labute approximate surface area is 191 Å². The van der Waals surface area contributed by atoms with Gasteiger partial charge in [-0.1, -0.05) is 65.5 Å². The first-order chi connectivity index (χ1) is 14.2. The van der Waals surface area contributed by atoms with Gasteiger partial charge < -0.3 is 0 Å². The van der Waals surface area contributed by atoms with Crippen LogP contribution in [0.1, 0.15) is 105 Å². The lowest BCUT2D eigenvalue weighted by Crippen LogP contribution is -2.51. The van der Waals surface area contributed by atoms with Gasteiger partial charge in [0, 0.05) is 6.42 Å². The number of hydrogen-bond acceptors (Lipinski definition) is 0. The molecule has 0 N–H and O–H groups in total. The molecule has 4 aliphatic rings. The minimum absolute atomic E-state index is 0.543. The minimum atomic E-state index is 0.543. The van der Waals surface area contributed by atoms with Crippen LogP contribution in [0.5, 0.6) is 0 Å². The van der Waals surface area contributed by atoms with Crippen LogP contribution in [0.15, 0.2) is 11.6 Å². The van der Waals surface area contributed by atoms with Crippen molar-refractivity contribution >= 4 is 10.9 Å². The smallest absolute Gasteiger partial charge is 0.0843 e. The molecule has 0 unspecified atom stereocenters. The van der Waals surface area contributed by atoms with Crippen molar-refractivity contribution in [3.05, 3.63) is 11.6 Å². The largest absolute Gasteiger partial charge is 0.121 e. The Bertz CT molecular complexity index is 632. The lowest BCUT2D eigenvalue weighted by molar-refractivity contribution is -0.0497. The third-order valence-electron chi connectivity index (χ3n) is 10.9. The van der Waals surface area contributed by atoms with Crippen molar-refractivity contribution in [1.29, 1.82) is 0 Å². The normalized spacial score (nSPS) is 44.4. The molecule has 4 aliphatic carbocycles. The van der Waals surface area contributed by atoms with Crippen molar-refractivity contribution in [2.24, 2.45) is 46.3 Å². The van der Waals surface area contributed by atoms with Crippen molar-refractivity contribution in [1.82, 2.24) is 0 Å². The fraction of sp³-hybridized carbons (Fsp3) is 0.931. The predicted molar refractivity (Wildman–Crippen MR) is 136 cm³/mol. The number of fused-ring (bicyclic) bond motifs is 5. The summed E-state index contributed by atoms with van der Waals surface area (Å²) in [5, 5.41) is 0.970. The third kappa shape index (κ3) is 3.97. The summed E-state index contributed by atoms with van der Waals surface area (Å²) in [6.45, 7) is 12.8. The van der Waals surface area contributed by atoms with Crippen molar-refractivity contribution in [2.75, 3.05) is 12.5 Å². The number of hydrogen-bond donors (Lipinski definition) is 0. The van der Waals surface area contributed by atoms with Crippen LogP contribution in [0.2, 0.25) is 0 Å². The van der Waals surface area contributed by atoms with E-state index in [2.05, 4.69) is 53.2 Å². The van der Waals surface area contributed by atoms with Crippen molar-refractivity contribution in [2.45, 2.75) is 110 Å². The zero-order valence-electron chi connectivity index (χ0n) is 21.3. The summed E-state index contributed by atoms with van der Waals surface area (Å²) in [7, 11) is 0.587. The molecule has 0 aromatic rings. The van der Waals surface area contributed by atoms with E-state index in [4.69, 9.17) is 0 Å². The topological polar surface area (TPSA) is 0 Å². The fourth-order valence-corrected chi connectivity index (χ4v) is 10.2. The molecule has 0 spiro atoms. The van der Waals surface area contributed by atoms with E-state index in [1.807, 2.05) is 5.57 Å². The van der Waals surface area contributed by atoms with Gasteiger partial charge in [-0.05, 0) is 102 Å². The standard InChI is InChI=1S/C29H51S/c1-20(2)9-8-10-21(3)25-13-14-26-24-12-11-22-19-23(30(6)7)15-17-28(22,4)27(24)16-18-29(25,26)5/h11,20-21,23-27H,8-10,12-19H2,1-7H3/q+1/t21-,23-,24-,25+,26-,27-,28-,29+/m0/s1. The first kappa shape index (κ1) is 23.3. The number of rotatable bonds is 6. The molecule has 172 valence electrons. The molecule has 3 saturated carbocycles. The van der Waals surface area contributed by atoms with E-state index in [1.165, 1.54) is 70.6 Å². The molecule has 4 rings (SSSR count). The Kier molecular flexibility index (Phi) is 6.82. The Balaban J connectivity index is 1.48. The summed E-state index contributed by atoms with van der Waals surface area (Å²) in [6, 6.07) is 0. The fourth-order valence-electron chi connectivity index (χ4n) is 9.05. The highest BCUT2D eigenvalue weighted by atomic mass is 32.2. The maximum Gasteiger partial charge on any atom is 0.121 e. The summed E-state index contributed by atoms with van der Waals surface area (Å²) in [6.07, 6.45) is 24.0. The van der Waals surface area contributed by atoms with Crippen LogP contribution in [0.3, 0.4) is 0 Å². The summed E-state index contributed by atoms with van der Waals surface area (Å²) >= 11 is 0. The Hall–Kier alpha value is 0.0900. The molecule has 3 fully saturated rings. The van der Waals surface area contributed by atoms with Gasteiger partial charge in [0.15, 0.2) is 0 Å². The van der Waals surface area contributed by atoms with Gasteiger partial charge in [0.05, 0.1) is 12.5 Å². The van der Waals surface area contributed by atoms with Gasteiger partial charge in [0.2, 0.25) is 0 Å². The van der Waals surface area contributed by atoms with E-state index >= 15 is 0 Å². The Morgan fingerprint density at radius 2 is 1.73 bits per heavy atom. The minimum Gasteiger partial charge on any atom is -0.0843 e. The highest BCUT2D eigenvalue weighted by molar-refractivity contribution is 7.96. The predicted octanol–water partition coefficient (Wildman–Crippen LogP) is 8.27. The quantitative estimate of drug-likeness (QED) is 0.293. The highest BCUT2D eigenvalue weighted by Gasteiger charge is 2.59. The molecule has 0 aromatic heterocycles. The lowest BCUT2D eigenvalue weighted by Gasteiger charge is -2.58. The highest BCUT2D eigenvalue weighted by Crippen LogP contribution is 2.67. The maximum absolute atomic E-state index is 2.78. The molecule has 0 bridgehead atoms. The summed E-state index contributed by atoms with van der Waals surface area (Å²) in [5.41, 5.74) is 3.07. The van der Waals surface area contributed by atoms with E-state index in [1.54, 1.807) is 0 Å². The first-order valence-electron chi connectivity index (χ1n) is 13.4. The van der Waals surface area contributed by atoms with E-state index in [9.17, 15) is 0 Å². The van der Waals surface area contributed by atoms with Crippen molar-refractivity contribution in [3.8, 4) is 0 Å². The van der Waals surface area contributed by atoms with Crippen LogP contribution in [0.25, 0.3) is 0 Å². The van der Waals surface area contributed by atoms with Crippen LogP contribution < -0.4 is 0 Å². The second-order valence-corrected chi connectivity index (χ2v) is 15.5. The zero-order valence-corrected chi connectivity index (χ0v) is 22.1. The summed E-state index contributed by atoms with van der Waals surface area (Å²) in [4.78, 5) is 0. The molecule has 1 heteroatoms. The second kappa shape index (κ2) is 8.79. The van der Waals surface area contributed by atoms with Crippen molar-refractivity contribution < 1.29 is 0 Å². The molecular weight excluding hydrogens is 380 g/mol. The average Bonchev–Trinajstić information content (AvgIpc) is 3.04. The van der Waals surface area contributed by atoms with Crippen molar-refractivity contribution in [3.63, 3.8) is 0 Å². The van der Waals surface area contributed by atoms with Crippen LogP contribution in [0, 0.1) is 46.3 Å². The van der Waals surface area contributed by atoms with E-state index in [0.29, 0.717) is 21.7 Å². The van der Waals surface area contributed by atoms with Gasteiger partial charge in [-0.3, -0.25) is 0 Å². The molecular formula is C29H51S+. The van der Waals surface area contributed by atoms with Crippen LogP contribution in [-0.2, 0) is 10.9 Å². The average molecular weight is 432 g/mol. The Morgan fingerprint density at radius 1 is 0.967 bits per heavy atom.